The summed E-state index contributed by atoms with van der Waals surface area (Å²) in [5.74, 6) is 0.745. The van der Waals surface area contributed by atoms with Gasteiger partial charge in [0, 0.05) is 11.8 Å². The summed E-state index contributed by atoms with van der Waals surface area (Å²) in [6.07, 6.45) is 0. The summed E-state index contributed by atoms with van der Waals surface area (Å²) in [5, 5.41) is 3.01. The molecule has 3 aromatic carbocycles. The first-order valence-corrected chi connectivity index (χ1v) is 8.94. The fraction of sp³-hybridized carbons (Fsp3) is 0.174. The third kappa shape index (κ3) is 4.47. The van der Waals surface area contributed by atoms with Crippen molar-refractivity contribution in [3.8, 4) is 11.5 Å². The molecule has 0 saturated heterocycles. The zero-order chi connectivity index (χ0) is 19.1. The Balaban J connectivity index is 1.89. The Kier molecular flexibility index (Phi) is 6.10. The van der Waals surface area contributed by atoms with Crippen LogP contribution in [0.1, 0.15) is 24.0 Å². The van der Waals surface area contributed by atoms with Gasteiger partial charge < -0.3 is 14.8 Å². The van der Waals surface area contributed by atoms with E-state index < -0.39 is 5.92 Å². The number of carbonyl (C=O) groups excluding carboxylic acids is 1. The summed E-state index contributed by atoms with van der Waals surface area (Å²) in [6.45, 7) is 2.46. The van der Waals surface area contributed by atoms with E-state index in [0.29, 0.717) is 23.8 Å². The van der Waals surface area contributed by atoms with Crippen molar-refractivity contribution in [3.05, 3.63) is 90.0 Å². The molecule has 3 aromatic rings. The molecule has 0 spiro atoms. The monoisotopic (exact) mass is 361 g/mol. The number of hydrogen-bond donors (Lipinski definition) is 1. The van der Waals surface area contributed by atoms with Gasteiger partial charge in [-0.05, 0) is 30.2 Å². The Morgan fingerprint density at radius 1 is 0.889 bits per heavy atom. The van der Waals surface area contributed by atoms with E-state index in [1.807, 2.05) is 73.7 Å². The quantitative estimate of drug-likeness (QED) is 0.653. The van der Waals surface area contributed by atoms with E-state index in [9.17, 15) is 4.79 Å². The first-order valence-electron chi connectivity index (χ1n) is 8.94. The maximum absolute atomic E-state index is 13.1. The van der Waals surface area contributed by atoms with E-state index in [2.05, 4.69) is 5.32 Å². The molecule has 4 heteroatoms. The number of ether oxygens (including phenoxy) is 2. The van der Waals surface area contributed by atoms with Crippen LogP contribution >= 0.6 is 0 Å². The van der Waals surface area contributed by atoms with E-state index in [0.717, 1.165) is 11.1 Å². The van der Waals surface area contributed by atoms with Gasteiger partial charge in [-0.3, -0.25) is 4.79 Å². The maximum Gasteiger partial charge on any atom is 0.236 e. The van der Waals surface area contributed by atoms with Gasteiger partial charge in [0.25, 0.3) is 0 Å². The minimum Gasteiger partial charge on any atom is -0.493 e. The van der Waals surface area contributed by atoms with Crippen molar-refractivity contribution in [1.82, 2.24) is 0 Å². The van der Waals surface area contributed by atoms with Crippen LogP contribution in [0.2, 0.25) is 0 Å². The second-order valence-electron chi connectivity index (χ2n) is 6.04. The molecule has 138 valence electrons. The second kappa shape index (κ2) is 8.90. The molecule has 0 aliphatic carbocycles. The molecule has 0 saturated carbocycles. The normalized spacial score (nSPS) is 10.5. The van der Waals surface area contributed by atoms with Crippen molar-refractivity contribution in [2.75, 3.05) is 19.0 Å². The molecule has 4 nitrogen and oxygen atoms in total. The van der Waals surface area contributed by atoms with Gasteiger partial charge in [-0.25, -0.2) is 0 Å². The van der Waals surface area contributed by atoms with Gasteiger partial charge in [-0.15, -0.1) is 0 Å². The average molecular weight is 361 g/mol. The van der Waals surface area contributed by atoms with Crippen molar-refractivity contribution in [2.24, 2.45) is 0 Å². The molecule has 1 amide bonds. The highest BCUT2D eigenvalue weighted by Crippen LogP contribution is 2.32. The lowest BCUT2D eigenvalue weighted by molar-refractivity contribution is -0.116. The predicted octanol–water partition coefficient (Wildman–Crippen LogP) is 4.86. The van der Waals surface area contributed by atoms with Crippen LogP contribution in [0.5, 0.6) is 11.5 Å². The zero-order valence-corrected chi connectivity index (χ0v) is 15.5. The summed E-state index contributed by atoms with van der Waals surface area (Å²) in [7, 11) is 1.58. The number of amides is 1. The minimum atomic E-state index is -0.398. The summed E-state index contributed by atoms with van der Waals surface area (Å²) in [4.78, 5) is 13.1. The SMILES string of the molecule is CCOc1ccc(NC(=O)C(c2ccccc2)c2ccccc2)cc1OC. The van der Waals surface area contributed by atoms with Gasteiger partial charge in [0.05, 0.1) is 19.6 Å². The van der Waals surface area contributed by atoms with Crippen LogP contribution in [-0.2, 0) is 4.79 Å². The Morgan fingerprint density at radius 2 is 1.48 bits per heavy atom. The molecule has 0 atom stereocenters. The van der Waals surface area contributed by atoms with Gasteiger partial charge in [0.15, 0.2) is 11.5 Å². The number of benzene rings is 3. The summed E-state index contributed by atoms with van der Waals surface area (Å²) >= 11 is 0. The van der Waals surface area contributed by atoms with Crippen molar-refractivity contribution in [3.63, 3.8) is 0 Å². The van der Waals surface area contributed by atoms with Crippen LogP contribution in [0.3, 0.4) is 0 Å². The van der Waals surface area contributed by atoms with Gasteiger partial charge in [-0.2, -0.15) is 0 Å². The fourth-order valence-corrected chi connectivity index (χ4v) is 3.02. The molecular formula is C23H23NO3. The number of rotatable bonds is 7. The van der Waals surface area contributed by atoms with Crippen LogP contribution in [0, 0.1) is 0 Å². The van der Waals surface area contributed by atoms with Crippen molar-refractivity contribution < 1.29 is 14.3 Å². The lowest BCUT2D eigenvalue weighted by atomic mass is 9.90. The minimum absolute atomic E-state index is 0.0985. The van der Waals surface area contributed by atoms with E-state index in [-0.39, 0.29) is 5.91 Å². The van der Waals surface area contributed by atoms with E-state index >= 15 is 0 Å². The van der Waals surface area contributed by atoms with Crippen LogP contribution in [0.15, 0.2) is 78.9 Å². The standard InChI is InChI=1S/C23H23NO3/c1-3-27-20-15-14-19(16-21(20)26-2)24-23(25)22(17-10-6-4-7-11-17)18-12-8-5-9-13-18/h4-16,22H,3H2,1-2H3,(H,24,25). The van der Waals surface area contributed by atoms with Crippen molar-refractivity contribution in [1.29, 1.82) is 0 Å². The number of hydrogen-bond acceptors (Lipinski definition) is 3. The van der Waals surface area contributed by atoms with E-state index in [4.69, 9.17) is 9.47 Å². The first-order chi connectivity index (χ1) is 13.2. The molecule has 3 rings (SSSR count). The highest BCUT2D eigenvalue weighted by Gasteiger charge is 2.23. The number of anilines is 1. The molecule has 0 unspecified atom stereocenters. The van der Waals surface area contributed by atoms with Crippen LogP contribution < -0.4 is 14.8 Å². The maximum atomic E-state index is 13.1. The highest BCUT2D eigenvalue weighted by atomic mass is 16.5. The molecule has 0 aliphatic heterocycles. The summed E-state index contributed by atoms with van der Waals surface area (Å²) in [5.41, 5.74) is 2.55. The highest BCUT2D eigenvalue weighted by molar-refractivity contribution is 5.98. The fourth-order valence-electron chi connectivity index (χ4n) is 3.02. The first kappa shape index (κ1) is 18.5. The van der Waals surface area contributed by atoms with Crippen LogP contribution in [0.25, 0.3) is 0 Å². The van der Waals surface area contributed by atoms with Crippen LogP contribution in [0.4, 0.5) is 5.69 Å². The smallest absolute Gasteiger partial charge is 0.236 e. The molecule has 0 radical (unpaired) electrons. The molecule has 0 aliphatic rings. The van der Waals surface area contributed by atoms with Crippen molar-refractivity contribution >= 4 is 11.6 Å². The Labute approximate surface area is 159 Å². The largest absolute Gasteiger partial charge is 0.493 e. The lowest BCUT2D eigenvalue weighted by Gasteiger charge is -2.18. The van der Waals surface area contributed by atoms with Crippen LogP contribution in [-0.4, -0.2) is 19.6 Å². The van der Waals surface area contributed by atoms with Gasteiger partial charge in [0.2, 0.25) is 5.91 Å². The summed E-state index contributed by atoms with van der Waals surface area (Å²) < 4.78 is 10.9. The third-order valence-corrected chi connectivity index (χ3v) is 4.26. The van der Waals surface area contributed by atoms with Gasteiger partial charge in [-0.1, -0.05) is 60.7 Å². The molecule has 0 bridgehead atoms. The van der Waals surface area contributed by atoms with Gasteiger partial charge in [0.1, 0.15) is 0 Å². The van der Waals surface area contributed by atoms with Gasteiger partial charge >= 0.3 is 0 Å². The Morgan fingerprint density at radius 3 is 2.00 bits per heavy atom. The lowest BCUT2D eigenvalue weighted by Crippen LogP contribution is -2.22. The average Bonchev–Trinajstić information content (AvgIpc) is 2.71. The van der Waals surface area contributed by atoms with E-state index in [1.54, 1.807) is 19.2 Å². The van der Waals surface area contributed by atoms with E-state index in [1.165, 1.54) is 0 Å². The molecule has 0 fully saturated rings. The predicted molar refractivity (Wildman–Crippen MR) is 108 cm³/mol. The molecule has 0 aromatic heterocycles. The summed E-state index contributed by atoms with van der Waals surface area (Å²) in [6, 6.07) is 24.9. The topological polar surface area (TPSA) is 47.6 Å². The number of carbonyl (C=O) groups is 1. The molecular weight excluding hydrogens is 338 g/mol. The molecule has 0 heterocycles. The number of methoxy groups -OCH3 is 1. The number of nitrogens with one attached hydrogen (secondary N) is 1. The zero-order valence-electron chi connectivity index (χ0n) is 15.5. The third-order valence-electron chi connectivity index (χ3n) is 4.26. The molecule has 1 N–H and O–H groups in total. The second-order valence-corrected chi connectivity index (χ2v) is 6.04. The Bertz CT molecular complexity index is 839. The van der Waals surface area contributed by atoms with Crippen molar-refractivity contribution in [2.45, 2.75) is 12.8 Å². The Hall–Kier alpha value is -3.27. The molecule has 27 heavy (non-hydrogen) atoms.